The summed E-state index contributed by atoms with van der Waals surface area (Å²) in [6, 6.07) is 0. The third kappa shape index (κ3) is 9.55. The van der Waals surface area contributed by atoms with E-state index in [2.05, 4.69) is 0 Å². The van der Waals surface area contributed by atoms with Crippen LogP contribution in [0.15, 0.2) is 0 Å². The Bertz CT molecular complexity index is 6.00. The Labute approximate surface area is 46.7 Å². The molecular weight excluding hydrogens is 282 g/mol. The van der Waals surface area contributed by atoms with Gasteiger partial charge in [-0.25, -0.2) is 0 Å². The average Bonchev–Trinajstić information content (AvgIpc) is 0.918. The monoisotopic (exact) mass is 286 g/mol. The first-order valence-corrected chi connectivity index (χ1v) is 14.1. The molecule has 0 aliphatic carbocycles. The van der Waals surface area contributed by atoms with Crippen molar-refractivity contribution in [1.29, 1.82) is 0 Å². The number of halogens is 2. The van der Waals surface area contributed by atoms with Crippen LogP contribution in [-0.2, 0) is 22.1 Å². The van der Waals surface area contributed by atoms with Gasteiger partial charge in [0.05, 0.1) is 8.41 Å². The molecule has 0 aromatic carbocycles. The standard InChI is InChI=1S/BH3.2ClH.Hg/h1H3;2*1H;/q;;;+2/p-2. The summed E-state index contributed by atoms with van der Waals surface area (Å²) in [7, 11) is 9.97. The summed E-state index contributed by atoms with van der Waals surface area (Å²) in [6.07, 6.45) is 0. The van der Waals surface area contributed by atoms with Gasteiger partial charge < -0.3 is 0 Å². The molecule has 0 N–H and O–H groups in total. The second kappa shape index (κ2) is 8.82. The number of hydrogen-bond acceptors (Lipinski definition) is 0. The van der Waals surface area contributed by atoms with E-state index in [9.17, 15) is 0 Å². The van der Waals surface area contributed by atoms with Crippen LogP contribution in [-0.4, -0.2) is 8.41 Å². The van der Waals surface area contributed by atoms with Crippen molar-refractivity contribution in [2.75, 3.05) is 0 Å². The Morgan fingerprint density at radius 2 is 1.25 bits per heavy atom. The van der Waals surface area contributed by atoms with Crippen LogP contribution in [0.1, 0.15) is 0 Å². The quantitative estimate of drug-likeness (QED) is 0.558. The van der Waals surface area contributed by atoms with Crippen LogP contribution >= 0.6 is 16.5 Å². The van der Waals surface area contributed by atoms with Crippen molar-refractivity contribution in [1.82, 2.24) is 0 Å². The zero-order valence-corrected chi connectivity index (χ0v) is 8.47. The zero-order valence-electron chi connectivity index (χ0n) is 1.46. The van der Waals surface area contributed by atoms with E-state index in [0.29, 0.717) is 0 Å². The predicted octanol–water partition coefficient (Wildman–Crippen LogP) is 0.193. The molecule has 0 heterocycles. The van der Waals surface area contributed by atoms with Crippen LogP contribution in [0.25, 0.3) is 0 Å². The van der Waals surface area contributed by atoms with Gasteiger partial charge in [0.25, 0.3) is 0 Å². The van der Waals surface area contributed by atoms with E-state index in [1.807, 2.05) is 0 Å². The predicted molar refractivity (Wildman–Crippen MR) is 21.6 cm³/mol. The van der Waals surface area contributed by atoms with Crippen LogP contribution in [0, 0.1) is 0 Å². The van der Waals surface area contributed by atoms with E-state index in [1.165, 1.54) is 0 Å². The minimum atomic E-state index is -1.14. The Kier molecular flexibility index (Phi) is 20.1. The maximum atomic E-state index is 4.99. The van der Waals surface area contributed by atoms with Gasteiger partial charge in [0.1, 0.15) is 0 Å². The molecule has 4 heavy (non-hydrogen) atoms. The topological polar surface area (TPSA) is 0 Å². The third-order valence-electron chi connectivity index (χ3n) is 0. The molecule has 0 aromatic heterocycles. The molecule has 0 fully saturated rings. The summed E-state index contributed by atoms with van der Waals surface area (Å²) in [5, 5.41) is 0. The summed E-state index contributed by atoms with van der Waals surface area (Å²) in [5.74, 6) is 0. The number of rotatable bonds is 0. The fourth-order valence-corrected chi connectivity index (χ4v) is 0. The molecule has 0 aliphatic rings. The second-order valence-electron chi connectivity index (χ2n) is 0.101. The van der Waals surface area contributed by atoms with Crippen molar-refractivity contribution in [3.8, 4) is 0 Å². The van der Waals surface area contributed by atoms with Gasteiger partial charge in [-0.05, 0) is 0 Å². The van der Waals surface area contributed by atoms with Gasteiger partial charge in [-0.1, -0.05) is 0 Å². The zero-order chi connectivity index (χ0) is 2.71. The van der Waals surface area contributed by atoms with Gasteiger partial charge in [0, 0.05) is 0 Å². The molecule has 0 saturated carbocycles. The first-order valence-electron chi connectivity index (χ1n) is 0.535. The molecule has 0 aliphatic heterocycles. The Balaban J connectivity index is 0. The molecule has 0 amide bonds. The summed E-state index contributed by atoms with van der Waals surface area (Å²) in [4.78, 5) is 0. The summed E-state index contributed by atoms with van der Waals surface area (Å²) >= 11 is -1.14. The fraction of sp³-hybridized carbons (Fsp3) is 0. The first kappa shape index (κ1) is 9.13. The molecule has 0 saturated heterocycles. The summed E-state index contributed by atoms with van der Waals surface area (Å²) in [6.45, 7) is 0. The summed E-state index contributed by atoms with van der Waals surface area (Å²) in [5.41, 5.74) is 0. The first-order chi connectivity index (χ1) is 1.41. The molecule has 4 heteroatoms. The van der Waals surface area contributed by atoms with Crippen molar-refractivity contribution in [3.05, 3.63) is 0 Å². The normalized spacial score (nSPS) is 2.50. The molecule has 0 aromatic rings. The average molecular weight is 285 g/mol. The minimum absolute atomic E-state index is 0. The Hall–Kier alpha value is 1.58. The molecule has 0 spiro atoms. The van der Waals surface area contributed by atoms with Crippen molar-refractivity contribution in [2.45, 2.75) is 0 Å². The molecule has 22 valence electrons. The van der Waals surface area contributed by atoms with Crippen molar-refractivity contribution < 1.29 is 22.1 Å². The van der Waals surface area contributed by atoms with Gasteiger partial charge in [-0.2, -0.15) is 0 Å². The van der Waals surface area contributed by atoms with Crippen LogP contribution in [0.2, 0.25) is 0 Å². The van der Waals surface area contributed by atoms with E-state index in [1.54, 1.807) is 0 Å². The van der Waals surface area contributed by atoms with Crippen LogP contribution in [0.5, 0.6) is 0 Å². The molecule has 0 rings (SSSR count). The molecule has 0 bridgehead atoms. The van der Waals surface area contributed by atoms with Gasteiger partial charge in [-0.15, -0.1) is 0 Å². The molecule has 0 atom stereocenters. The van der Waals surface area contributed by atoms with Crippen LogP contribution in [0.3, 0.4) is 0 Å². The van der Waals surface area contributed by atoms with Crippen LogP contribution < -0.4 is 0 Å². The van der Waals surface area contributed by atoms with E-state index < -0.39 is 22.1 Å². The Morgan fingerprint density at radius 3 is 1.25 bits per heavy atom. The van der Waals surface area contributed by atoms with Crippen molar-refractivity contribution in [2.24, 2.45) is 0 Å². The molecule has 0 radical (unpaired) electrons. The van der Waals surface area contributed by atoms with E-state index in [4.69, 9.17) is 16.5 Å². The molecule has 0 unspecified atom stereocenters. The van der Waals surface area contributed by atoms with Gasteiger partial charge in [0.15, 0.2) is 0 Å². The third-order valence-corrected chi connectivity index (χ3v) is 0. The van der Waals surface area contributed by atoms with Crippen LogP contribution in [0.4, 0.5) is 0 Å². The van der Waals surface area contributed by atoms with Gasteiger partial charge in [0.2, 0.25) is 0 Å². The van der Waals surface area contributed by atoms with E-state index in [0.717, 1.165) is 0 Å². The SMILES string of the molecule is B.[Cl][Hg][Cl]. The maximum absolute atomic E-state index is 4.99. The van der Waals surface area contributed by atoms with E-state index in [-0.39, 0.29) is 8.41 Å². The van der Waals surface area contributed by atoms with Gasteiger partial charge >= 0.3 is 38.6 Å². The summed E-state index contributed by atoms with van der Waals surface area (Å²) < 4.78 is 0. The fourth-order valence-electron chi connectivity index (χ4n) is 0. The van der Waals surface area contributed by atoms with Crippen molar-refractivity contribution >= 4 is 24.9 Å². The van der Waals surface area contributed by atoms with E-state index >= 15 is 0 Å². The van der Waals surface area contributed by atoms with Crippen molar-refractivity contribution in [3.63, 3.8) is 0 Å². The number of hydrogen-bond donors (Lipinski definition) is 0. The van der Waals surface area contributed by atoms with Gasteiger partial charge in [-0.3, -0.25) is 0 Å². The molecular formula is H3BCl2Hg. The molecule has 0 nitrogen and oxygen atoms in total. The second-order valence-corrected chi connectivity index (χ2v) is 7.98. The Morgan fingerprint density at radius 1 is 1.25 bits per heavy atom.